The first-order valence-electron chi connectivity index (χ1n) is 2.08. The van der Waals surface area contributed by atoms with Gasteiger partial charge in [0.2, 0.25) is 5.91 Å². The van der Waals surface area contributed by atoms with Crippen molar-refractivity contribution in [3.63, 3.8) is 0 Å². The van der Waals surface area contributed by atoms with Gasteiger partial charge in [-0.05, 0) is 0 Å². The highest BCUT2D eigenvalue weighted by molar-refractivity contribution is 7.80. The Hall–Kier alpha value is -0.180. The van der Waals surface area contributed by atoms with Gasteiger partial charge in [-0.15, -0.1) is 0 Å². The zero-order valence-corrected chi connectivity index (χ0v) is 5.11. The van der Waals surface area contributed by atoms with Crippen LogP contribution in [0.5, 0.6) is 0 Å². The van der Waals surface area contributed by atoms with Crippen molar-refractivity contribution in [1.82, 2.24) is 0 Å². The second kappa shape index (κ2) is 2.91. The molecule has 0 aromatic heterocycles. The Balaban J connectivity index is 3.34. The number of hydrogen-bond donors (Lipinski definition) is 2. The maximum atomic E-state index is 10.1. The molecular formula is C4H9NOS. The van der Waals surface area contributed by atoms with Crippen LogP contribution in [0.2, 0.25) is 0 Å². The van der Waals surface area contributed by atoms with Crippen LogP contribution in [-0.4, -0.2) is 11.7 Å². The van der Waals surface area contributed by atoms with Gasteiger partial charge in [0.05, 0.1) is 0 Å². The molecule has 2 nitrogen and oxygen atoms in total. The van der Waals surface area contributed by atoms with Crippen LogP contribution in [0.3, 0.4) is 0 Å². The summed E-state index contributed by atoms with van der Waals surface area (Å²) in [6, 6.07) is 0. The summed E-state index contributed by atoms with van der Waals surface area (Å²) in [4.78, 5) is 10.1. The second-order valence-electron chi connectivity index (χ2n) is 1.49. The minimum Gasteiger partial charge on any atom is -0.369 e. The fourth-order valence-corrected chi connectivity index (χ4v) is 0.270. The molecule has 1 amide bonds. The van der Waals surface area contributed by atoms with Crippen LogP contribution in [0.15, 0.2) is 0 Å². The lowest BCUT2D eigenvalue weighted by atomic mass is 10.2. The van der Waals surface area contributed by atoms with Gasteiger partial charge in [0, 0.05) is 11.7 Å². The molecule has 0 aliphatic heterocycles. The molecule has 0 rings (SSSR count). The molecule has 0 radical (unpaired) electrons. The fourth-order valence-electron chi connectivity index (χ4n) is 0.0900. The Kier molecular flexibility index (Phi) is 2.83. The molecule has 1 atom stereocenters. The number of thiol groups is 1. The molecule has 3 heteroatoms. The predicted octanol–water partition coefficient (Wildman–Crippen LogP) is 0.0376. The van der Waals surface area contributed by atoms with Crippen molar-refractivity contribution in [3.05, 3.63) is 0 Å². The van der Waals surface area contributed by atoms with Gasteiger partial charge >= 0.3 is 0 Å². The van der Waals surface area contributed by atoms with Gasteiger partial charge in [-0.3, -0.25) is 4.79 Å². The molecule has 2 N–H and O–H groups in total. The van der Waals surface area contributed by atoms with E-state index in [1.807, 2.05) is 0 Å². The molecule has 0 unspecified atom stereocenters. The van der Waals surface area contributed by atoms with Crippen LogP contribution in [0.1, 0.15) is 6.92 Å². The van der Waals surface area contributed by atoms with Gasteiger partial charge in [0.1, 0.15) is 0 Å². The fraction of sp³-hybridized carbons (Fsp3) is 0.750. The molecule has 0 spiro atoms. The minimum atomic E-state index is -0.282. The Bertz CT molecular complexity index is 74.1. The highest BCUT2D eigenvalue weighted by Crippen LogP contribution is 1.93. The topological polar surface area (TPSA) is 43.1 Å². The van der Waals surface area contributed by atoms with Crippen LogP contribution in [-0.2, 0) is 4.79 Å². The SMILES string of the molecule is C[C@@H](CS)C(N)=O. The molecule has 0 aliphatic rings. The van der Waals surface area contributed by atoms with E-state index < -0.39 is 0 Å². The van der Waals surface area contributed by atoms with E-state index in [4.69, 9.17) is 5.73 Å². The Labute approximate surface area is 48.5 Å². The number of carbonyl (C=O) groups excluding carboxylic acids is 1. The Morgan fingerprint density at radius 1 is 2.00 bits per heavy atom. The third-order valence-electron chi connectivity index (χ3n) is 0.760. The molecule has 0 heterocycles. The van der Waals surface area contributed by atoms with Gasteiger partial charge < -0.3 is 5.73 Å². The number of primary amides is 1. The zero-order valence-electron chi connectivity index (χ0n) is 4.22. The van der Waals surface area contributed by atoms with Crippen molar-refractivity contribution >= 4 is 18.5 Å². The maximum absolute atomic E-state index is 10.1. The molecule has 0 aliphatic carbocycles. The molecule has 0 aromatic carbocycles. The average molecular weight is 119 g/mol. The first-order chi connectivity index (χ1) is 3.18. The second-order valence-corrected chi connectivity index (χ2v) is 1.85. The summed E-state index contributed by atoms with van der Waals surface area (Å²) in [6.45, 7) is 1.75. The van der Waals surface area contributed by atoms with Gasteiger partial charge in [0.25, 0.3) is 0 Å². The average Bonchev–Trinajstić information content (AvgIpc) is 1.65. The van der Waals surface area contributed by atoms with E-state index in [9.17, 15) is 4.79 Å². The number of nitrogens with two attached hydrogens (primary N) is 1. The van der Waals surface area contributed by atoms with E-state index >= 15 is 0 Å². The number of hydrogen-bond acceptors (Lipinski definition) is 2. The Morgan fingerprint density at radius 3 is 2.43 bits per heavy atom. The summed E-state index contributed by atoms with van der Waals surface area (Å²) in [5.41, 5.74) is 4.86. The van der Waals surface area contributed by atoms with Gasteiger partial charge in [-0.25, -0.2) is 0 Å². The van der Waals surface area contributed by atoms with Crippen molar-refractivity contribution in [1.29, 1.82) is 0 Å². The molecule has 0 bridgehead atoms. The van der Waals surface area contributed by atoms with E-state index in [1.165, 1.54) is 0 Å². The van der Waals surface area contributed by atoms with Crippen molar-refractivity contribution in [3.8, 4) is 0 Å². The molecule has 0 aromatic rings. The van der Waals surface area contributed by atoms with Gasteiger partial charge in [-0.1, -0.05) is 6.92 Å². The van der Waals surface area contributed by atoms with Crippen molar-refractivity contribution < 1.29 is 4.79 Å². The third kappa shape index (κ3) is 2.51. The summed E-state index contributed by atoms with van der Waals surface area (Å²) in [7, 11) is 0. The van der Waals surface area contributed by atoms with Crippen molar-refractivity contribution in [2.24, 2.45) is 11.7 Å². The third-order valence-corrected chi connectivity index (χ3v) is 1.31. The highest BCUT2D eigenvalue weighted by Gasteiger charge is 2.02. The standard InChI is InChI=1S/C4H9NOS/c1-3(2-7)4(5)6/h3,7H,2H2,1H3,(H2,5,6)/t3-/m0/s1. The van der Waals surface area contributed by atoms with E-state index in [1.54, 1.807) is 6.92 Å². The normalized spacial score (nSPS) is 13.4. The largest absolute Gasteiger partial charge is 0.369 e. The molecule has 0 saturated carbocycles. The summed E-state index contributed by atoms with van der Waals surface area (Å²) >= 11 is 3.85. The molecule has 0 fully saturated rings. The summed E-state index contributed by atoms with van der Waals surface area (Å²) in [5.74, 6) is 0.160. The van der Waals surface area contributed by atoms with Gasteiger partial charge in [-0.2, -0.15) is 12.6 Å². The van der Waals surface area contributed by atoms with E-state index in [0.717, 1.165) is 0 Å². The van der Waals surface area contributed by atoms with Crippen LogP contribution >= 0.6 is 12.6 Å². The highest BCUT2D eigenvalue weighted by atomic mass is 32.1. The summed E-state index contributed by atoms with van der Waals surface area (Å²) in [5, 5.41) is 0. The number of rotatable bonds is 2. The lowest BCUT2D eigenvalue weighted by molar-refractivity contribution is -0.120. The molecule has 7 heavy (non-hydrogen) atoms. The molecule has 42 valence electrons. The maximum Gasteiger partial charge on any atom is 0.221 e. The Morgan fingerprint density at radius 2 is 2.43 bits per heavy atom. The first kappa shape index (κ1) is 6.82. The van der Waals surface area contributed by atoms with E-state index in [-0.39, 0.29) is 11.8 Å². The monoisotopic (exact) mass is 119 g/mol. The lowest BCUT2D eigenvalue weighted by Gasteiger charge is -1.97. The van der Waals surface area contributed by atoms with E-state index in [0.29, 0.717) is 5.75 Å². The van der Waals surface area contributed by atoms with Crippen molar-refractivity contribution in [2.45, 2.75) is 6.92 Å². The van der Waals surface area contributed by atoms with Crippen LogP contribution in [0.25, 0.3) is 0 Å². The lowest BCUT2D eigenvalue weighted by Crippen LogP contribution is -2.21. The van der Waals surface area contributed by atoms with Gasteiger partial charge in [0.15, 0.2) is 0 Å². The van der Waals surface area contributed by atoms with Crippen LogP contribution in [0.4, 0.5) is 0 Å². The van der Waals surface area contributed by atoms with Crippen LogP contribution in [0, 0.1) is 5.92 Å². The number of amides is 1. The quantitative estimate of drug-likeness (QED) is 0.495. The van der Waals surface area contributed by atoms with Crippen LogP contribution < -0.4 is 5.73 Å². The molecular weight excluding hydrogens is 110 g/mol. The zero-order chi connectivity index (χ0) is 5.86. The summed E-state index contributed by atoms with van der Waals surface area (Å²) in [6.07, 6.45) is 0. The smallest absolute Gasteiger partial charge is 0.221 e. The number of carbonyl (C=O) groups is 1. The van der Waals surface area contributed by atoms with E-state index in [2.05, 4.69) is 12.6 Å². The minimum absolute atomic E-state index is 0.0941. The summed E-state index contributed by atoms with van der Waals surface area (Å²) < 4.78 is 0. The molecule has 0 saturated heterocycles. The van der Waals surface area contributed by atoms with Crippen molar-refractivity contribution in [2.75, 3.05) is 5.75 Å². The first-order valence-corrected chi connectivity index (χ1v) is 2.72. The predicted molar refractivity (Wildman–Crippen MR) is 32.2 cm³/mol.